The van der Waals surface area contributed by atoms with Crippen molar-refractivity contribution in [2.45, 2.75) is 51.0 Å². The van der Waals surface area contributed by atoms with Crippen LogP contribution in [0.4, 0.5) is 0 Å². The molecule has 1 N–H and O–H groups in total. The zero-order valence-corrected chi connectivity index (χ0v) is 19.9. The maximum Gasteiger partial charge on any atom is 0.329 e. The summed E-state index contributed by atoms with van der Waals surface area (Å²) in [6, 6.07) is 15.2. The van der Waals surface area contributed by atoms with Gasteiger partial charge in [0.25, 0.3) is 0 Å². The third-order valence-electron chi connectivity index (χ3n) is 7.90. The van der Waals surface area contributed by atoms with E-state index in [0.717, 1.165) is 24.8 Å². The van der Waals surface area contributed by atoms with E-state index in [1.807, 2.05) is 30.3 Å². The molecule has 2 aromatic carbocycles. The second-order valence-electron chi connectivity index (χ2n) is 10.5. The molecular weight excluding hydrogens is 450 g/mol. The molecule has 178 valence electrons. The highest BCUT2D eigenvalue weighted by atomic mass is 35.5. The van der Waals surface area contributed by atoms with Crippen LogP contribution in [0, 0.1) is 23.2 Å². The molecule has 0 spiro atoms. The van der Waals surface area contributed by atoms with Crippen molar-refractivity contribution in [3.8, 4) is 0 Å². The summed E-state index contributed by atoms with van der Waals surface area (Å²) in [5, 5.41) is 3.58. The Morgan fingerprint density at radius 3 is 2.09 bits per heavy atom. The van der Waals surface area contributed by atoms with E-state index in [4.69, 9.17) is 16.3 Å². The van der Waals surface area contributed by atoms with Crippen molar-refractivity contribution in [2.75, 3.05) is 6.61 Å². The number of halogens is 1. The summed E-state index contributed by atoms with van der Waals surface area (Å²) >= 11 is 5.89. The zero-order chi connectivity index (χ0) is 23.7. The monoisotopic (exact) mass is 479 g/mol. The lowest BCUT2D eigenvalue weighted by molar-refractivity contribution is -0.153. The van der Waals surface area contributed by atoms with E-state index in [9.17, 15) is 14.4 Å². The maximum atomic E-state index is 13.6. The number of ether oxygens (including phenoxy) is 1. The molecule has 4 fully saturated rings. The lowest BCUT2D eigenvalue weighted by Crippen LogP contribution is -2.56. The number of nitrogens with one attached hydrogen (secondary N) is 1. The van der Waals surface area contributed by atoms with Crippen molar-refractivity contribution in [3.05, 3.63) is 70.7 Å². The highest BCUT2D eigenvalue weighted by Crippen LogP contribution is 2.60. The van der Waals surface area contributed by atoms with E-state index in [-0.39, 0.29) is 23.7 Å². The van der Waals surface area contributed by atoms with E-state index in [0.29, 0.717) is 34.8 Å². The van der Waals surface area contributed by atoms with Crippen LogP contribution in [0.3, 0.4) is 0 Å². The molecule has 0 unspecified atom stereocenters. The minimum atomic E-state index is -0.832. The van der Waals surface area contributed by atoms with Gasteiger partial charge in [0.1, 0.15) is 6.04 Å². The Balaban J connectivity index is 1.28. The van der Waals surface area contributed by atoms with Gasteiger partial charge in [-0.05, 0) is 86.1 Å². The van der Waals surface area contributed by atoms with Gasteiger partial charge in [-0.2, -0.15) is 0 Å². The van der Waals surface area contributed by atoms with Crippen molar-refractivity contribution in [1.29, 1.82) is 0 Å². The number of rotatable bonds is 8. The molecule has 0 aromatic heterocycles. The summed E-state index contributed by atoms with van der Waals surface area (Å²) in [4.78, 5) is 39.2. The molecule has 4 aliphatic carbocycles. The van der Waals surface area contributed by atoms with Crippen LogP contribution in [-0.2, 0) is 20.7 Å². The van der Waals surface area contributed by atoms with Gasteiger partial charge in [-0.15, -0.1) is 0 Å². The Hall–Kier alpha value is -2.66. The lowest BCUT2D eigenvalue weighted by Gasteiger charge is -2.55. The molecule has 0 radical (unpaired) electrons. The molecule has 4 saturated carbocycles. The van der Waals surface area contributed by atoms with Gasteiger partial charge in [0, 0.05) is 22.4 Å². The molecule has 6 rings (SSSR count). The summed E-state index contributed by atoms with van der Waals surface area (Å²) in [6.07, 6.45) is 6.83. The fraction of sp³-hybridized carbons (Fsp3) is 0.464. The molecule has 2 aromatic rings. The number of ketones is 1. The number of benzene rings is 2. The Morgan fingerprint density at radius 1 is 0.912 bits per heavy atom. The second kappa shape index (κ2) is 9.53. The van der Waals surface area contributed by atoms with Crippen molar-refractivity contribution >= 4 is 29.3 Å². The Labute approximate surface area is 205 Å². The number of carbonyl (C=O) groups is 3. The van der Waals surface area contributed by atoms with Crippen molar-refractivity contribution in [1.82, 2.24) is 5.32 Å². The molecular formula is C28H30ClNO4. The van der Waals surface area contributed by atoms with Gasteiger partial charge in [0.15, 0.2) is 12.4 Å². The fourth-order valence-electron chi connectivity index (χ4n) is 6.70. The molecule has 4 aliphatic rings. The van der Waals surface area contributed by atoms with Crippen LogP contribution in [0.15, 0.2) is 54.6 Å². The summed E-state index contributed by atoms with van der Waals surface area (Å²) in [6.45, 7) is -0.376. The van der Waals surface area contributed by atoms with Crippen LogP contribution in [0.5, 0.6) is 0 Å². The fourth-order valence-corrected chi connectivity index (χ4v) is 6.83. The lowest BCUT2D eigenvalue weighted by atomic mass is 9.49. The molecule has 4 bridgehead atoms. The van der Waals surface area contributed by atoms with Gasteiger partial charge in [0.2, 0.25) is 5.91 Å². The molecule has 0 heterocycles. The molecule has 1 atom stereocenters. The van der Waals surface area contributed by atoms with Crippen molar-refractivity contribution in [3.63, 3.8) is 0 Å². The average molecular weight is 480 g/mol. The van der Waals surface area contributed by atoms with Crippen LogP contribution in [-0.4, -0.2) is 30.3 Å². The highest BCUT2D eigenvalue weighted by Gasteiger charge is 2.55. The van der Waals surface area contributed by atoms with Gasteiger partial charge < -0.3 is 10.1 Å². The Bertz CT molecular complexity index is 1030. The van der Waals surface area contributed by atoms with Gasteiger partial charge in [-0.25, -0.2) is 4.79 Å². The van der Waals surface area contributed by atoms with Crippen LogP contribution in [0.1, 0.15) is 54.4 Å². The molecule has 0 aliphatic heterocycles. The molecule has 1 amide bonds. The van der Waals surface area contributed by atoms with E-state index < -0.39 is 12.0 Å². The van der Waals surface area contributed by atoms with Crippen LogP contribution in [0.25, 0.3) is 0 Å². The zero-order valence-electron chi connectivity index (χ0n) is 19.2. The van der Waals surface area contributed by atoms with E-state index in [1.54, 1.807) is 24.3 Å². The normalized spacial score (nSPS) is 27.7. The van der Waals surface area contributed by atoms with Crippen LogP contribution < -0.4 is 5.32 Å². The van der Waals surface area contributed by atoms with E-state index in [2.05, 4.69) is 5.32 Å². The first-order valence-electron chi connectivity index (χ1n) is 12.2. The van der Waals surface area contributed by atoms with Gasteiger partial charge >= 0.3 is 5.97 Å². The second-order valence-corrected chi connectivity index (χ2v) is 10.9. The van der Waals surface area contributed by atoms with E-state index in [1.165, 1.54) is 19.3 Å². The van der Waals surface area contributed by atoms with Gasteiger partial charge in [0.05, 0.1) is 0 Å². The first-order chi connectivity index (χ1) is 16.4. The molecule has 6 heteroatoms. The Kier molecular flexibility index (Phi) is 6.48. The summed E-state index contributed by atoms with van der Waals surface area (Å²) in [5.41, 5.74) is 0.997. The summed E-state index contributed by atoms with van der Waals surface area (Å²) < 4.78 is 5.41. The van der Waals surface area contributed by atoms with Crippen LogP contribution in [0.2, 0.25) is 5.02 Å². The van der Waals surface area contributed by atoms with Gasteiger partial charge in [-0.3, -0.25) is 9.59 Å². The van der Waals surface area contributed by atoms with Crippen LogP contribution >= 0.6 is 11.6 Å². The molecule has 34 heavy (non-hydrogen) atoms. The minimum Gasteiger partial charge on any atom is -0.456 e. The first kappa shape index (κ1) is 23.1. The predicted molar refractivity (Wildman–Crippen MR) is 129 cm³/mol. The number of hydrogen-bond acceptors (Lipinski definition) is 4. The predicted octanol–water partition coefficient (Wildman–Crippen LogP) is 5.01. The standard InChI is InChI=1S/C28H30ClNO4/c29-23-8-6-22(7-9-23)25(31)17-34-26(32)24(13-18-4-2-1-3-5-18)30-27(33)28-14-19-10-20(15-28)12-21(11-19)16-28/h1-9,19-21,24H,10-17H2,(H,30,33)/t19?,20?,21?,24-,28?/m1/s1. The van der Waals surface area contributed by atoms with Crippen molar-refractivity contribution in [2.24, 2.45) is 23.2 Å². The number of hydrogen-bond donors (Lipinski definition) is 1. The Morgan fingerprint density at radius 2 is 1.50 bits per heavy atom. The molecule has 5 nitrogen and oxygen atoms in total. The quantitative estimate of drug-likeness (QED) is 0.426. The van der Waals surface area contributed by atoms with Gasteiger partial charge in [-0.1, -0.05) is 41.9 Å². The number of amides is 1. The first-order valence-corrected chi connectivity index (χ1v) is 12.6. The maximum absolute atomic E-state index is 13.6. The summed E-state index contributed by atoms with van der Waals surface area (Å²) in [5.74, 6) is 0.990. The number of carbonyl (C=O) groups excluding carboxylic acids is 3. The topological polar surface area (TPSA) is 72.5 Å². The smallest absolute Gasteiger partial charge is 0.329 e. The number of Topliss-reactive ketones (excluding diaryl/α,β-unsaturated/α-hetero) is 1. The SMILES string of the molecule is O=C(COC(=O)[C@@H](Cc1ccccc1)NC(=O)C12CC3CC(CC(C3)C1)C2)c1ccc(Cl)cc1. The third-order valence-corrected chi connectivity index (χ3v) is 8.16. The molecule has 0 saturated heterocycles. The average Bonchev–Trinajstić information content (AvgIpc) is 2.82. The largest absolute Gasteiger partial charge is 0.456 e. The van der Waals surface area contributed by atoms with Crippen molar-refractivity contribution < 1.29 is 19.1 Å². The highest BCUT2D eigenvalue weighted by molar-refractivity contribution is 6.30. The summed E-state index contributed by atoms with van der Waals surface area (Å²) in [7, 11) is 0. The minimum absolute atomic E-state index is 0.0199. The van der Waals surface area contributed by atoms with E-state index >= 15 is 0 Å². The third kappa shape index (κ3) is 4.90. The number of esters is 1.